The van der Waals surface area contributed by atoms with Crippen molar-refractivity contribution >= 4 is 0 Å². The summed E-state index contributed by atoms with van der Waals surface area (Å²) in [7, 11) is 3.21. The number of aromatic nitrogens is 2. The highest BCUT2D eigenvalue weighted by Gasteiger charge is 2.34. The fraction of sp³-hybridized carbons (Fsp3) is 0.579. The van der Waals surface area contributed by atoms with Gasteiger partial charge in [-0.2, -0.15) is 4.98 Å². The molecule has 1 atom stereocenters. The first-order valence-corrected chi connectivity index (χ1v) is 9.30. The number of methoxy groups -OCH3 is 2. The average Bonchev–Trinajstić information content (AvgIpc) is 3.40. The minimum absolute atomic E-state index is 0.154. The van der Waals surface area contributed by atoms with Crippen molar-refractivity contribution in [1.82, 2.24) is 15.0 Å². The molecule has 2 fully saturated rings. The predicted molar refractivity (Wildman–Crippen MR) is 96.6 cm³/mol. The summed E-state index contributed by atoms with van der Waals surface area (Å²) < 4.78 is 27.6. The Balaban J connectivity index is 1.49. The van der Waals surface area contributed by atoms with E-state index >= 15 is 0 Å². The van der Waals surface area contributed by atoms with Gasteiger partial charge in [-0.25, -0.2) is 0 Å². The first-order valence-electron chi connectivity index (χ1n) is 9.30. The Hall–Kier alpha value is -2.16. The smallest absolute Gasteiger partial charge is 0.241 e. The lowest BCUT2D eigenvalue weighted by Crippen LogP contribution is -2.46. The van der Waals surface area contributed by atoms with Crippen LogP contribution in [0.25, 0.3) is 11.4 Å². The van der Waals surface area contributed by atoms with Gasteiger partial charge in [-0.05, 0) is 37.6 Å². The number of benzene rings is 1. The lowest BCUT2D eigenvalue weighted by Gasteiger charge is -2.36. The molecule has 2 aliphatic heterocycles. The van der Waals surface area contributed by atoms with E-state index in [9.17, 15) is 0 Å². The summed E-state index contributed by atoms with van der Waals surface area (Å²) in [6.07, 6.45) is 3.24. The number of nitrogens with zero attached hydrogens (tertiary/aromatic N) is 3. The maximum atomic E-state index is 5.73. The van der Waals surface area contributed by atoms with E-state index in [2.05, 4.69) is 15.0 Å². The van der Waals surface area contributed by atoms with Crippen LogP contribution in [0.3, 0.4) is 0 Å². The SMILES string of the molecule is COc1ccc(-c2noc(CN3CCCCC3C3OCCO3)n2)cc1OC. The molecule has 0 radical (unpaired) electrons. The Labute approximate surface area is 158 Å². The van der Waals surface area contributed by atoms with Crippen LogP contribution in [0.5, 0.6) is 11.5 Å². The number of ether oxygens (including phenoxy) is 4. The second-order valence-corrected chi connectivity index (χ2v) is 6.73. The zero-order valence-corrected chi connectivity index (χ0v) is 15.7. The van der Waals surface area contributed by atoms with Gasteiger partial charge in [-0.1, -0.05) is 11.6 Å². The molecule has 0 spiro atoms. The lowest BCUT2D eigenvalue weighted by atomic mass is 10.0. The third-order valence-corrected chi connectivity index (χ3v) is 5.07. The summed E-state index contributed by atoms with van der Waals surface area (Å²) in [6.45, 7) is 2.90. The lowest BCUT2D eigenvalue weighted by molar-refractivity contribution is -0.112. The van der Waals surface area contributed by atoms with Crippen LogP contribution in [0.4, 0.5) is 0 Å². The Morgan fingerprint density at radius 3 is 2.70 bits per heavy atom. The van der Waals surface area contributed by atoms with E-state index in [4.69, 9.17) is 23.5 Å². The molecule has 2 aromatic rings. The largest absolute Gasteiger partial charge is 0.493 e. The standard InChI is InChI=1S/C19H25N3O5/c1-23-15-7-6-13(11-16(15)24-2)18-20-17(27-21-18)12-22-8-4-3-5-14(22)19-25-9-10-26-19/h6-7,11,14,19H,3-5,8-10,12H2,1-2H3. The van der Waals surface area contributed by atoms with Crippen LogP contribution in [0.1, 0.15) is 25.2 Å². The first kappa shape index (κ1) is 18.2. The van der Waals surface area contributed by atoms with Crippen LogP contribution >= 0.6 is 0 Å². The maximum Gasteiger partial charge on any atom is 0.241 e. The molecule has 2 saturated heterocycles. The van der Waals surface area contributed by atoms with E-state index in [1.807, 2.05) is 18.2 Å². The Morgan fingerprint density at radius 1 is 1.11 bits per heavy atom. The molecule has 1 unspecified atom stereocenters. The molecule has 1 aromatic carbocycles. The molecule has 146 valence electrons. The van der Waals surface area contributed by atoms with Crippen LogP contribution in [0, 0.1) is 0 Å². The summed E-state index contributed by atoms with van der Waals surface area (Å²) in [5.74, 6) is 2.42. The molecule has 8 nitrogen and oxygen atoms in total. The van der Waals surface area contributed by atoms with E-state index in [-0.39, 0.29) is 12.3 Å². The van der Waals surface area contributed by atoms with Gasteiger partial charge in [0.2, 0.25) is 11.7 Å². The molecule has 0 amide bonds. The van der Waals surface area contributed by atoms with Crippen molar-refractivity contribution in [2.75, 3.05) is 34.0 Å². The molecule has 27 heavy (non-hydrogen) atoms. The highest BCUT2D eigenvalue weighted by molar-refractivity contribution is 5.60. The minimum atomic E-state index is -0.154. The van der Waals surface area contributed by atoms with Gasteiger partial charge in [0.25, 0.3) is 0 Å². The molecule has 3 heterocycles. The maximum absolute atomic E-state index is 5.73. The van der Waals surface area contributed by atoms with Gasteiger partial charge in [0.05, 0.1) is 40.0 Å². The molecule has 0 aliphatic carbocycles. The van der Waals surface area contributed by atoms with Crippen molar-refractivity contribution in [2.24, 2.45) is 0 Å². The molecule has 2 aliphatic rings. The van der Waals surface area contributed by atoms with Gasteiger partial charge in [-0.3, -0.25) is 4.90 Å². The third-order valence-electron chi connectivity index (χ3n) is 5.07. The number of hydrogen-bond donors (Lipinski definition) is 0. The normalized spacial score (nSPS) is 21.5. The zero-order chi connectivity index (χ0) is 18.6. The average molecular weight is 375 g/mol. The van der Waals surface area contributed by atoms with Crippen molar-refractivity contribution in [1.29, 1.82) is 0 Å². The molecule has 1 aromatic heterocycles. The second-order valence-electron chi connectivity index (χ2n) is 6.73. The Morgan fingerprint density at radius 2 is 1.93 bits per heavy atom. The van der Waals surface area contributed by atoms with Crippen molar-refractivity contribution in [3.63, 3.8) is 0 Å². The number of piperidine rings is 1. The van der Waals surface area contributed by atoms with Crippen LogP contribution in [0.15, 0.2) is 22.7 Å². The van der Waals surface area contributed by atoms with Crippen molar-refractivity contribution in [2.45, 2.75) is 38.1 Å². The van der Waals surface area contributed by atoms with Crippen LogP contribution in [-0.4, -0.2) is 61.4 Å². The quantitative estimate of drug-likeness (QED) is 0.762. The molecule has 0 N–H and O–H groups in total. The van der Waals surface area contributed by atoms with Crippen LogP contribution < -0.4 is 9.47 Å². The number of hydrogen-bond acceptors (Lipinski definition) is 8. The molecular weight excluding hydrogens is 350 g/mol. The molecule has 0 saturated carbocycles. The Kier molecular flexibility index (Phi) is 5.56. The van der Waals surface area contributed by atoms with Crippen LogP contribution in [0.2, 0.25) is 0 Å². The van der Waals surface area contributed by atoms with Crippen LogP contribution in [-0.2, 0) is 16.0 Å². The van der Waals surface area contributed by atoms with E-state index in [0.717, 1.165) is 24.9 Å². The van der Waals surface area contributed by atoms with Crippen molar-refractivity contribution in [3.8, 4) is 22.9 Å². The topological polar surface area (TPSA) is 79.1 Å². The summed E-state index contributed by atoms with van der Waals surface area (Å²) in [5, 5.41) is 4.13. The van der Waals surface area contributed by atoms with E-state index in [1.54, 1.807) is 14.2 Å². The minimum Gasteiger partial charge on any atom is -0.493 e. The van der Waals surface area contributed by atoms with E-state index in [1.165, 1.54) is 6.42 Å². The fourth-order valence-electron chi connectivity index (χ4n) is 3.71. The van der Waals surface area contributed by atoms with Crippen molar-refractivity contribution < 1.29 is 23.5 Å². The highest BCUT2D eigenvalue weighted by atomic mass is 16.7. The van der Waals surface area contributed by atoms with Gasteiger partial charge in [0, 0.05) is 5.56 Å². The van der Waals surface area contributed by atoms with E-state index < -0.39 is 0 Å². The van der Waals surface area contributed by atoms with E-state index in [0.29, 0.717) is 43.0 Å². The molecular formula is C19H25N3O5. The molecule has 0 bridgehead atoms. The summed E-state index contributed by atoms with van der Waals surface area (Å²) in [4.78, 5) is 6.89. The number of likely N-dealkylation sites (tertiary alicyclic amines) is 1. The monoisotopic (exact) mass is 375 g/mol. The molecule has 4 rings (SSSR count). The number of rotatable bonds is 6. The zero-order valence-electron chi connectivity index (χ0n) is 15.7. The predicted octanol–water partition coefficient (Wildman–Crippen LogP) is 2.48. The van der Waals surface area contributed by atoms with Crippen molar-refractivity contribution in [3.05, 3.63) is 24.1 Å². The first-order chi connectivity index (χ1) is 13.3. The highest BCUT2D eigenvalue weighted by Crippen LogP contribution is 2.31. The van der Waals surface area contributed by atoms with Gasteiger partial charge in [-0.15, -0.1) is 0 Å². The fourth-order valence-corrected chi connectivity index (χ4v) is 3.71. The third kappa shape index (κ3) is 3.92. The van der Waals surface area contributed by atoms with Gasteiger partial charge in [0.1, 0.15) is 0 Å². The molecule has 8 heteroatoms. The summed E-state index contributed by atoms with van der Waals surface area (Å²) in [5.41, 5.74) is 0.820. The second kappa shape index (κ2) is 8.24. The summed E-state index contributed by atoms with van der Waals surface area (Å²) in [6, 6.07) is 5.80. The summed E-state index contributed by atoms with van der Waals surface area (Å²) >= 11 is 0. The Bertz CT molecular complexity index is 760. The van der Waals surface area contributed by atoms with Gasteiger partial charge < -0.3 is 23.5 Å². The van der Waals surface area contributed by atoms with Gasteiger partial charge in [0.15, 0.2) is 17.8 Å². The van der Waals surface area contributed by atoms with Gasteiger partial charge >= 0.3 is 0 Å².